The van der Waals surface area contributed by atoms with E-state index in [2.05, 4.69) is 9.72 Å². The first-order chi connectivity index (χ1) is 8.83. The van der Waals surface area contributed by atoms with E-state index in [9.17, 15) is 4.79 Å². The molecular weight excluding hydrogens is 248 g/mol. The van der Waals surface area contributed by atoms with Crippen molar-refractivity contribution in [2.24, 2.45) is 0 Å². The fourth-order valence-corrected chi connectivity index (χ4v) is 1.33. The van der Waals surface area contributed by atoms with Gasteiger partial charge in [-0.1, -0.05) is 0 Å². The Bertz CT molecular complexity index is 441. The van der Waals surface area contributed by atoms with Crippen LogP contribution < -0.4 is 10.5 Å². The van der Waals surface area contributed by atoms with E-state index < -0.39 is 5.97 Å². The molecule has 2 N–H and O–H groups in total. The Morgan fingerprint density at radius 1 is 1.37 bits per heavy atom. The summed E-state index contributed by atoms with van der Waals surface area (Å²) < 4.78 is 15.6. The molecule has 0 bridgehead atoms. The highest BCUT2D eigenvalue weighted by Gasteiger charge is 2.16. The molecule has 0 unspecified atom stereocenters. The maximum absolute atomic E-state index is 11.5. The Labute approximate surface area is 112 Å². The molecular formula is C13H20N2O4. The molecule has 0 amide bonds. The van der Waals surface area contributed by atoms with Gasteiger partial charge < -0.3 is 19.9 Å². The van der Waals surface area contributed by atoms with Gasteiger partial charge in [-0.25, -0.2) is 9.78 Å². The summed E-state index contributed by atoms with van der Waals surface area (Å²) in [6.45, 7) is 6.55. The van der Waals surface area contributed by atoms with Crippen LogP contribution in [-0.2, 0) is 9.47 Å². The fourth-order valence-electron chi connectivity index (χ4n) is 1.33. The molecule has 106 valence electrons. The number of carbonyl (C=O) groups excluding carboxylic acids is 1. The predicted molar refractivity (Wildman–Crippen MR) is 71.2 cm³/mol. The summed E-state index contributed by atoms with van der Waals surface area (Å²) in [5.74, 6) is -0.343. The zero-order valence-corrected chi connectivity index (χ0v) is 11.7. The number of carbonyl (C=O) groups is 1. The molecule has 0 saturated carbocycles. The fraction of sp³-hybridized carbons (Fsp3) is 0.538. The predicted octanol–water partition coefficient (Wildman–Crippen LogP) is 1.64. The molecule has 1 aromatic heterocycles. The molecule has 0 aliphatic heterocycles. The second-order valence-electron chi connectivity index (χ2n) is 4.92. The number of anilines is 1. The zero-order valence-electron chi connectivity index (χ0n) is 11.7. The zero-order chi connectivity index (χ0) is 14.5. The van der Waals surface area contributed by atoms with E-state index in [0.717, 1.165) is 0 Å². The number of hydrogen-bond donors (Lipinski definition) is 1. The number of aromatic nitrogens is 1. The Kier molecular flexibility index (Phi) is 5.11. The molecule has 0 aliphatic carbocycles. The second-order valence-corrected chi connectivity index (χ2v) is 4.92. The number of nitrogens with two attached hydrogens (primary N) is 1. The van der Waals surface area contributed by atoms with Gasteiger partial charge in [0.25, 0.3) is 0 Å². The lowest BCUT2D eigenvalue weighted by Gasteiger charge is -2.19. The maximum Gasteiger partial charge on any atom is 0.343 e. The topological polar surface area (TPSA) is 83.7 Å². The average Bonchev–Trinajstić information content (AvgIpc) is 2.33. The second kappa shape index (κ2) is 6.38. The number of nitrogen functional groups attached to an aromatic ring is 1. The van der Waals surface area contributed by atoms with Crippen LogP contribution in [0.15, 0.2) is 12.3 Å². The SMILES string of the molecule is COC(=O)c1cc(N)cnc1OCCOC(C)(C)C. The van der Waals surface area contributed by atoms with Gasteiger partial charge >= 0.3 is 5.97 Å². The van der Waals surface area contributed by atoms with Crippen molar-refractivity contribution < 1.29 is 19.0 Å². The largest absolute Gasteiger partial charge is 0.475 e. The molecule has 6 nitrogen and oxygen atoms in total. The van der Waals surface area contributed by atoms with Crippen molar-refractivity contribution in [2.75, 3.05) is 26.1 Å². The van der Waals surface area contributed by atoms with Crippen LogP contribution in [0.3, 0.4) is 0 Å². The molecule has 0 atom stereocenters. The number of esters is 1. The molecule has 0 radical (unpaired) electrons. The number of nitrogens with zero attached hydrogens (tertiary/aromatic N) is 1. The Balaban J connectivity index is 2.65. The minimum Gasteiger partial charge on any atom is -0.475 e. The Hall–Kier alpha value is -1.82. The van der Waals surface area contributed by atoms with E-state index in [1.165, 1.54) is 19.4 Å². The lowest BCUT2D eigenvalue weighted by Crippen LogP contribution is -2.23. The highest BCUT2D eigenvalue weighted by Crippen LogP contribution is 2.19. The van der Waals surface area contributed by atoms with Crippen LogP contribution in [0.25, 0.3) is 0 Å². The minimum atomic E-state index is -0.536. The lowest BCUT2D eigenvalue weighted by molar-refractivity contribution is -0.0170. The van der Waals surface area contributed by atoms with Gasteiger partial charge in [-0.15, -0.1) is 0 Å². The summed E-state index contributed by atoms with van der Waals surface area (Å²) in [6, 6.07) is 1.47. The van der Waals surface area contributed by atoms with Crippen LogP contribution in [0.2, 0.25) is 0 Å². The summed E-state index contributed by atoms with van der Waals surface area (Å²) in [5, 5.41) is 0. The van der Waals surface area contributed by atoms with Crippen molar-refractivity contribution in [1.29, 1.82) is 0 Å². The van der Waals surface area contributed by atoms with Crippen molar-refractivity contribution in [3.8, 4) is 5.88 Å². The van der Waals surface area contributed by atoms with Gasteiger partial charge in [0, 0.05) is 0 Å². The smallest absolute Gasteiger partial charge is 0.343 e. The molecule has 19 heavy (non-hydrogen) atoms. The van der Waals surface area contributed by atoms with E-state index >= 15 is 0 Å². The molecule has 1 rings (SSSR count). The monoisotopic (exact) mass is 268 g/mol. The third-order valence-electron chi connectivity index (χ3n) is 2.13. The third kappa shape index (κ3) is 5.13. The quantitative estimate of drug-likeness (QED) is 0.645. The first-order valence-electron chi connectivity index (χ1n) is 5.94. The Morgan fingerprint density at radius 2 is 2.05 bits per heavy atom. The Morgan fingerprint density at radius 3 is 2.63 bits per heavy atom. The van der Waals surface area contributed by atoms with Crippen LogP contribution >= 0.6 is 0 Å². The highest BCUT2D eigenvalue weighted by atomic mass is 16.5. The number of pyridine rings is 1. The van der Waals surface area contributed by atoms with Gasteiger partial charge in [0.05, 0.1) is 31.2 Å². The van der Waals surface area contributed by atoms with Crippen molar-refractivity contribution in [1.82, 2.24) is 4.98 Å². The molecule has 0 saturated heterocycles. The third-order valence-corrected chi connectivity index (χ3v) is 2.13. The average molecular weight is 268 g/mol. The normalized spacial score (nSPS) is 11.2. The summed E-state index contributed by atoms with van der Waals surface area (Å²) in [4.78, 5) is 15.5. The molecule has 0 aliphatic rings. The molecule has 6 heteroatoms. The van der Waals surface area contributed by atoms with Crippen molar-refractivity contribution >= 4 is 11.7 Å². The highest BCUT2D eigenvalue weighted by molar-refractivity contribution is 5.92. The molecule has 0 spiro atoms. The summed E-state index contributed by atoms with van der Waals surface area (Å²) in [7, 11) is 1.29. The maximum atomic E-state index is 11.5. The van der Waals surface area contributed by atoms with E-state index in [1.54, 1.807) is 0 Å². The summed E-state index contributed by atoms with van der Waals surface area (Å²) >= 11 is 0. The van der Waals surface area contributed by atoms with Gasteiger partial charge in [0.1, 0.15) is 12.2 Å². The van der Waals surface area contributed by atoms with Crippen LogP contribution in [0.4, 0.5) is 5.69 Å². The van der Waals surface area contributed by atoms with E-state index in [4.69, 9.17) is 15.2 Å². The van der Waals surface area contributed by atoms with Crippen LogP contribution in [-0.4, -0.2) is 36.9 Å². The molecule has 0 aromatic carbocycles. The van der Waals surface area contributed by atoms with Gasteiger partial charge in [0.15, 0.2) is 0 Å². The lowest BCUT2D eigenvalue weighted by atomic mass is 10.2. The van der Waals surface area contributed by atoms with Crippen molar-refractivity contribution in [3.05, 3.63) is 17.8 Å². The van der Waals surface area contributed by atoms with Gasteiger partial charge in [-0.3, -0.25) is 0 Å². The van der Waals surface area contributed by atoms with E-state index in [0.29, 0.717) is 12.3 Å². The van der Waals surface area contributed by atoms with Crippen molar-refractivity contribution in [2.45, 2.75) is 26.4 Å². The summed E-state index contributed by atoms with van der Waals surface area (Å²) in [5.41, 5.74) is 5.93. The summed E-state index contributed by atoms with van der Waals surface area (Å²) in [6.07, 6.45) is 1.42. The van der Waals surface area contributed by atoms with Gasteiger partial charge in [0.2, 0.25) is 5.88 Å². The van der Waals surface area contributed by atoms with Crippen LogP contribution in [0.5, 0.6) is 5.88 Å². The number of rotatable bonds is 5. The van der Waals surface area contributed by atoms with E-state index in [-0.39, 0.29) is 23.7 Å². The van der Waals surface area contributed by atoms with Crippen LogP contribution in [0.1, 0.15) is 31.1 Å². The standard InChI is InChI=1S/C13H20N2O4/c1-13(2,3)19-6-5-18-11-10(12(16)17-4)7-9(14)8-15-11/h7-8H,5-6,14H2,1-4H3. The molecule has 0 fully saturated rings. The van der Waals surface area contributed by atoms with E-state index in [1.807, 2.05) is 20.8 Å². The number of methoxy groups -OCH3 is 1. The molecule has 1 heterocycles. The first-order valence-corrected chi connectivity index (χ1v) is 5.94. The van der Waals surface area contributed by atoms with Gasteiger partial charge in [-0.05, 0) is 26.8 Å². The minimum absolute atomic E-state index is 0.193. The number of hydrogen-bond acceptors (Lipinski definition) is 6. The molecule has 1 aromatic rings. The first kappa shape index (κ1) is 15.2. The number of ether oxygens (including phenoxy) is 3. The van der Waals surface area contributed by atoms with Crippen LogP contribution in [0, 0.1) is 0 Å². The van der Waals surface area contributed by atoms with Gasteiger partial charge in [-0.2, -0.15) is 0 Å². The van der Waals surface area contributed by atoms with Crippen molar-refractivity contribution in [3.63, 3.8) is 0 Å².